The molecule has 0 radical (unpaired) electrons. The van der Waals surface area contributed by atoms with Gasteiger partial charge in [-0.15, -0.1) is 0 Å². The second kappa shape index (κ2) is 8.77. The predicted molar refractivity (Wildman–Crippen MR) is 106 cm³/mol. The molecule has 2 amide bonds. The maximum absolute atomic E-state index is 12.7. The molecule has 1 aromatic carbocycles. The van der Waals surface area contributed by atoms with Gasteiger partial charge in [0, 0.05) is 43.6 Å². The Hall–Kier alpha value is -2.73. The average molecular weight is 366 g/mol. The summed E-state index contributed by atoms with van der Waals surface area (Å²) in [7, 11) is 0. The highest BCUT2D eigenvalue weighted by Crippen LogP contribution is 2.17. The second-order valence-corrected chi connectivity index (χ2v) is 6.62. The minimum absolute atomic E-state index is 0.116. The first kappa shape index (κ1) is 19.0. The van der Waals surface area contributed by atoms with Crippen LogP contribution in [0.1, 0.15) is 40.3 Å². The lowest BCUT2D eigenvalue weighted by Crippen LogP contribution is -2.48. The number of pyridine rings is 1. The number of para-hydroxylation sites is 1. The van der Waals surface area contributed by atoms with Crippen LogP contribution in [0.5, 0.6) is 0 Å². The molecular formula is C21H26N4O2. The summed E-state index contributed by atoms with van der Waals surface area (Å²) in [5.74, 6) is -0.350. The summed E-state index contributed by atoms with van der Waals surface area (Å²) in [5.41, 5.74) is 2.62. The number of benzene rings is 1. The number of likely N-dealkylation sites (N-methyl/N-ethyl adjacent to an activating group) is 1. The average Bonchev–Trinajstić information content (AvgIpc) is 2.73. The molecule has 0 aliphatic carbocycles. The molecule has 27 heavy (non-hydrogen) atoms. The number of nitrogens with zero attached hydrogens (tertiary/aromatic N) is 3. The number of amides is 2. The number of rotatable bonds is 5. The van der Waals surface area contributed by atoms with Gasteiger partial charge in [0.05, 0.1) is 0 Å². The topological polar surface area (TPSA) is 65.5 Å². The molecule has 3 rings (SSSR count). The van der Waals surface area contributed by atoms with Gasteiger partial charge in [-0.1, -0.05) is 32.0 Å². The van der Waals surface area contributed by atoms with Crippen molar-refractivity contribution in [3.63, 3.8) is 0 Å². The fourth-order valence-electron chi connectivity index (χ4n) is 3.26. The lowest BCUT2D eigenvalue weighted by molar-refractivity contribution is 0.0637. The zero-order valence-electron chi connectivity index (χ0n) is 15.9. The lowest BCUT2D eigenvalue weighted by atomic mass is 10.1. The Balaban J connectivity index is 1.71. The molecule has 142 valence electrons. The van der Waals surface area contributed by atoms with Gasteiger partial charge in [-0.05, 0) is 36.7 Å². The van der Waals surface area contributed by atoms with Crippen molar-refractivity contribution in [3.8, 4) is 0 Å². The number of aromatic nitrogens is 1. The van der Waals surface area contributed by atoms with E-state index in [0.717, 1.165) is 37.3 Å². The van der Waals surface area contributed by atoms with Crippen LogP contribution in [-0.2, 0) is 6.42 Å². The summed E-state index contributed by atoms with van der Waals surface area (Å²) in [5, 5.41) is 2.94. The normalized spacial score (nSPS) is 14.8. The Kier molecular flexibility index (Phi) is 6.19. The van der Waals surface area contributed by atoms with E-state index in [-0.39, 0.29) is 11.8 Å². The predicted octanol–water partition coefficient (Wildman–Crippen LogP) is 2.67. The van der Waals surface area contributed by atoms with Crippen molar-refractivity contribution >= 4 is 17.5 Å². The standard InChI is InChI=1S/C21H26N4O2/c1-3-16-7-5-6-8-18(16)23-20(26)17-9-10-22-19(15-17)21(27)25-13-11-24(4-2)12-14-25/h5-10,15H,3-4,11-14H2,1-2H3,(H,23,26). The molecule has 0 spiro atoms. The van der Waals surface area contributed by atoms with Crippen molar-refractivity contribution in [2.24, 2.45) is 0 Å². The van der Waals surface area contributed by atoms with Gasteiger partial charge in [-0.25, -0.2) is 0 Å². The molecule has 2 aromatic rings. The summed E-state index contributed by atoms with van der Waals surface area (Å²) in [6, 6.07) is 10.9. The van der Waals surface area contributed by atoms with Crippen LogP contribution in [0.2, 0.25) is 0 Å². The number of carbonyl (C=O) groups is 2. The van der Waals surface area contributed by atoms with E-state index >= 15 is 0 Å². The van der Waals surface area contributed by atoms with Crippen LogP contribution in [0.4, 0.5) is 5.69 Å². The van der Waals surface area contributed by atoms with E-state index < -0.39 is 0 Å². The highest BCUT2D eigenvalue weighted by Gasteiger charge is 2.23. The highest BCUT2D eigenvalue weighted by atomic mass is 16.2. The lowest BCUT2D eigenvalue weighted by Gasteiger charge is -2.33. The number of hydrogen-bond donors (Lipinski definition) is 1. The number of nitrogens with one attached hydrogen (secondary N) is 1. The molecule has 1 aromatic heterocycles. The molecule has 2 heterocycles. The Bertz CT molecular complexity index is 813. The third-order valence-corrected chi connectivity index (χ3v) is 4.99. The number of piperazine rings is 1. The third-order valence-electron chi connectivity index (χ3n) is 4.99. The maximum atomic E-state index is 12.7. The summed E-state index contributed by atoms with van der Waals surface area (Å²) in [6.07, 6.45) is 2.36. The summed E-state index contributed by atoms with van der Waals surface area (Å²) < 4.78 is 0. The first-order chi connectivity index (χ1) is 13.1. The van der Waals surface area contributed by atoms with E-state index in [1.807, 2.05) is 36.1 Å². The van der Waals surface area contributed by atoms with Crippen molar-refractivity contribution in [2.75, 3.05) is 38.0 Å². The van der Waals surface area contributed by atoms with Crippen LogP contribution in [0.3, 0.4) is 0 Å². The molecule has 1 saturated heterocycles. The van der Waals surface area contributed by atoms with Crippen molar-refractivity contribution in [1.82, 2.24) is 14.8 Å². The van der Waals surface area contributed by atoms with Crippen molar-refractivity contribution < 1.29 is 9.59 Å². The molecule has 0 atom stereocenters. The number of hydrogen-bond acceptors (Lipinski definition) is 4. The Labute approximate surface area is 160 Å². The van der Waals surface area contributed by atoms with Gasteiger partial charge < -0.3 is 15.1 Å². The largest absolute Gasteiger partial charge is 0.335 e. The van der Waals surface area contributed by atoms with E-state index in [2.05, 4.69) is 22.1 Å². The summed E-state index contributed by atoms with van der Waals surface area (Å²) >= 11 is 0. The summed E-state index contributed by atoms with van der Waals surface area (Å²) in [4.78, 5) is 33.7. The first-order valence-corrected chi connectivity index (χ1v) is 9.49. The SMILES string of the molecule is CCc1ccccc1NC(=O)c1ccnc(C(=O)N2CCN(CC)CC2)c1. The molecule has 1 aliphatic rings. The van der Waals surface area contributed by atoms with E-state index in [0.29, 0.717) is 24.3 Å². The smallest absolute Gasteiger partial charge is 0.272 e. The van der Waals surface area contributed by atoms with Gasteiger partial charge in [0.25, 0.3) is 11.8 Å². The van der Waals surface area contributed by atoms with Crippen LogP contribution in [-0.4, -0.2) is 59.3 Å². The Morgan fingerprint density at radius 1 is 1.07 bits per heavy atom. The van der Waals surface area contributed by atoms with Crippen molar-refractivity contribution in [3.05, 3.63) is 59.4 Å². The maximum Gasteiger partial charge on any atom is 0.272 e. The zero-order chi connectivity index (χ0) is 19.2. The van der Waals surface area contributed by atoms with E-state index in [1.165, 1.54) is 6.20 Å². The van der Waals surface area contributed by atoms with E-state index in [4.69, 9.17) is 0 Å². The molecule has 1 aliphatic heterocycles. The van der Waals surface area contributed by atoms with E-state index in [9.17, 15) is 9.59 Å². The van der Waals surface area contributed by atoms with Gasteiger partial charge >= 0.3 is 0 Å². The van der Waals surface area contributed by atoms with Crippen LogP contribution in [0.15, 0.2) is 42.6 Å². The quantitative estimate of drug-likeness (QED) is 0.884. The molecule has 6 heteroatoms. The second-order valence-electron chi connectivity index (χ2n) is 6.62. The Morgan fingerprint density at radius 2 is 1.81 bits per heavy atom. The molecule has 1 N–H and O–H groups in total. The van der Waals surface area contributed by atoms with Crippen molar-refractivity contribution in [1.29, 1.82) is 0 Å². The highest BCUT2D eigenvalue weighted by molar-refractivity contribution is 6.06. The Morgan fingerprint density at radius 3 is 2.52 bits per heavy atom. The number of anilines is 1. The van der Waals surface area contributed by atoms with Gasteiger partial charge in [0.1, 0.15) is 5.69 Å². The van der Waals surface area contributed by atoms with Gasteiger partial charge in [-0.2, -0.15) is 0 Å². The fraction of sp³-hybridized carbons (Fsp3) is 0.381. The first-order valence-electron chi connectivity index (χ1n) is 9.49. The van der Waals surface area contributed by atoms with Gasteiger partial charge in [0.15, 0.2) is 0 Å². The van der Waals surface area contributed by atoms with Gasteiger partial charge in [0.2, 0.25) is 0 Å². The van der Waals surface area contributed by atoms with Crippen LogP contribution in [0, 0.1) is 0 Å². The fourth-order valence-corrected chi connectivity index (χ4v) is 3.26. The monoisotopic (exact) mass is 366 g/mol. The van der Waals surface area contributed by atoms with Crippen LogP contribution < -0.4 is 5.32 Å². The number of carbonyl (C=O) groups excluding carboxylic acids is 2. The molecule has 0 saturated carbocycles. The minimum Gasteiger partial charge on any atom is -0.335 e. The number of aryl methyl sites for hydroxylation is 1. The molecule has 6 nitrogen and oxygen atoms in total. The molecular weight excluding hydrogens is 340 g/mol. The summed E-state index contributed by atoms with van der Waals surface area (Å²) in [6.45, 7) is 8.29. The third kappa shape index (κ3) is 4.52. The van der Waals surface area contributed by atoms with Crippen LogP contribution >= 0.6 is 0 Å². The van der Waals surface area contributed by atoms with E-state index in [1.54, 1.807) is 12.1 Å². The minimum atomic E-state index is -0.233. The molecule has 1 fully saturated rings. The molecule has 0 bridgehead atoms. The van der Waals surface area contributed by atoms with Gasteiger partial charge in [-0.3, -0.25) is 14.6 Å². The molecule has 0 unspecified atom stereocenters. The zero-order valence-corrected chi connectivity index (χ0v) is 15.9. The van der Waals surface area contributed by atoms with Crippen molar-refractivity contribution in [2.45, 2.75) is 20.3 Å². The van der Waals surface area contributed by atoms with Crippen LogP contribution in [0.25, 0.3) is 0 Å².